The highest BCUT2D eigenvalue weighted by molar-refractivity contribution is 5.25. The van der Waals surface area contributed by atoms with E-state index in [1.54, 1.807) is 0 Å². The smallest absolute Gasteiger partial charge is 0.0575 e. The van der Waals surface area contributed by atoms with Gasteiger partial charge in [0.05, 0.1) is 6.10 Å². The molecular formula is C17H26O. The first-order chi connectivity index (χ1) is 8.83. The third-order valence-corrected chi connectivity index (χ3v) is 4.09. The van der Waals surface area contributed by atoms with Crippen molar-refractivity contribution < 1.29 is 4.74 Å². The molecule has 0 amide bonds. The second-order valence-electron chi connectivity index (χ2n) is 5.44. The summed E-state index contributed by atoms with van der Waals surface area (Å²) in [5, 5.41) is 0. The molecule has 1 aliphatic carbocycles. The molecule has 0 radical (unpaired) electrons. The molecule has 1 saturated carbocycles. The van der Waals surface area contributed by atoms with Crippen molar-refractivity contribution in [3.05, 3.63) is 35.4 Å². The van der Waals surface area contributed by atoms with Gasteiger partial charge in [-0.15, -0.1) is 0 Å². The maximum absolute atomic E-state index is 5.85. The Labute approximate surface area is 112 Å². The monoisotopic (exact) mass is 246 g/mol. The average Bonchev–Trinajstić information content (AvgIpc) is 2.46. The van der Waals surface area contributed by atoms with Crippen molar-refractivity contribution in [2.75, 3.05) is 6.61 Å². The van der Waals surface area contributed by atoms with E-state index >= 15 is 0 Å². The summed E-state index contributed by atoms with van der Waals surface area (Å²) in [5.41, 5.74) is 2.97. The lowest BCUT2D eigenvalue weighted by Crippen LogP contribution is -2.21. The zero-order valence-electron chi connectivity index (χ0n) is 11.8. The van der Waals surface area contributed by atoms with Gasteiger partial charge in [-0.2, -0.15) is 0 Å². The molecule has 0 aromatic heterocycles. The van der Waals surface area contributed by atoms with E-state index < -0.39 is 0 Å². The number of aryl methyl sites for hydroxylation is 1. The predicted molar refractivity (Wildman–Crippen MR) is 77.1 cm³/mol. The van der Waals surface area contributed by atoms with Crippen LogP contribution in [0, 0.1) is 0 Å². The molecule has 1 nitrogen and oxygen atoms in total. The summed E-state index contributed by atoms with van der Waals surface area (Å²) in [6.45, 7) is 5.33. The van der Waals surface area contributed by atoms with Gasteiger partial charge in [-0.25, -0.2) is 0 Å². The molecule has 0 N–H and O–H groups in total. The van der Waals surface area contributed by atoms with Crippen molar-refractivity contribution in [1.82, 2.24) is 0 Å². The zero-order chi connectivity index (χ0) is 12.8. The van der Waals surface area contributed by atoms with Gasteiger partial charge >= 0.3 is 0 Å². The minimum atomic E-state index is 0.524. The van der Waals surface area contributed by atoms with Crippen molar-refractivity contribution in [3.8, 4) is 0 Å². The first-order valence-corrected chi connectivity index (χ1v) is 7.54. The average molecular weight is 246 g/mol. The molecule has 2 rings (SSSR count). The van der Waals surface area contributed by atoms with Crippen LogP contribution < -0.4 is 0 Å². The Morgan fingerprint density at radius 3 is 2.22 bits per heavy atom. The Hall–Kier alpha value is -0.820. The van der Waals surface area contributed by atoms with E-state index in [1.165, 1.54) is 36.8 Å². The third-order valence-electron chi connectivity index (χ3n) is 4.09. The fourth-order valence-corrected chi connectivity index (χ4v) is 2.87. The van der Waals surface area contributed by atoms with Crippen LogP contribution in [0.15, 0.2) is 24.3 Å². The Morgan fingerprint density at radius 2 is 1.67 bits per heavy atom. The van der Waals surface area contributed by atoms with Crippen LogP contribution in [-0.2, 0) is 11.2 Å². The molecule has 100 valence electrons. The van der Waals surface area contributed by atoms with E-state index in [0.717, 1.165) is 25.4 Å². The highest BCUT2D eigenvalue weighted by Crippen LogP contribution is 2.34. The molecule has 1 aromatic rings. The number of rotatable bonds is 5. The van der Waals surface area contributed by atoms with Crippen molar-refractivity contribution in [2.45, 2.75) is 64.4 Å². The van der Waals surface area contributed by atoms with Gasteiger partial charge in [0.1, 0.15) is 0 Å². The van der Waals surface area contributed by atoms with Gasteiger partial charge in [0.25, 0.3) is 0 Å². The molecule has 1 aromatic carbocycles. The van der Waals surface area contributed by atoms with Crippen LogP contribution >= 0.6 is 0 Å². The molecule has 0 heterocycles. The third kappa shape index (κ3) is 3.58. The largest absolute Gasteiger partial charge is 0.378 e. The van der Waals surface area contributed by atoms with E-state index in [9.17, 15) is 0 Å². The molecule has 0 aliphatic heterocycles. The molecule has 0 saturated heterocycles. The fourth-order valence-electron chi connectivity index (χ4n) is 2.87. The Morgan fingerprint density at radius 1 is 1.00 bits per heavy atom. The zero-order valence-corrected chi connectivity index (χ0v) is 11.8. The van der Waals surface area contributed by atoms with E-state index in [1.807, 2.05) is 0 Å². The van der Waals surface area contributed by atoms with E-state index in [4.69, 9.17) is 4.74 Å². The van der Waals surface area contributed by atoms with Crippen molar-refractivity contribution >= 4 is 0 Å². The summed E-state index contributed by atoms with van der Waals surface area (Å²) in [6.07, 6.45) is 7.85. The van der Waals surface area contributed by atoms with Gasteiger partial charge in [-0.1, -0.05) is 38.1 Å². The summed E-state index contributed by atoms with van der Waals surface area (Å²) >= 11 is 0. The first kappa shape index (κ1) is 13.6. The van der Waals surface area contributed by atoms with Crippen LogP contribution in [0.1, 0.15) is 63.0 Å². The maximum Gasteiger partial charge on any atom is 0.0575 e. The van der Waals surface area contributed by atoms with Crippen molar-refractivity contribution in [3.63, 3.8) is 0 Å². The SMILES string of the molecule is CCCOC1CCC(c2ccc(CC)cc2)CC1. The summed E-state index contributed by atoms with van der Waals surface area (Å²) in [5.74, 6) is 0.761. The van der Waals surface area contributed by atoms with Crippen LogP contribution in [0.25, 0.3) is 0 Å². The molecule has 0 atom stereocenters. The van der Waals surface area contributed by atoms with Gasteiger partial charge in [-0.3, -0.25) is 0 Å². The van der Waals surface area contributed by atoms with Gasteiger partial charge < -0.3 is 4.74 Å². The quantitative estimate of drug-likeness (QED) is 0.731. The normalized spacial score (nSPS) is 24.1. The van der Waals surface area contributed by atoms with Crippen LogP contribution in [-0.4, -0.2) is 12.7 Å². The second-order valence-corrected chi connectivity index (χ2v) is 5.44. The molecule has 1 fully saturated rings. The lowest BCUT2D eigenvalue weighted by molar-refractivity contribution is 0.0251. The Kier molecular flexibility index (Phi) is 5.25. The molecule has 0 spiro atoms. The molecule has 0 bridgehead atoms. The molecule has 18 heavy (non-hydrogen) atoms. The van der Waals surface area contributed by atoms with Gasteiger partial charge in [-0.05, 0) is 55.6 Å². The number of hydrogen-bond acceptors (Lipinski definition) is 1. The van der Waals surface area contributed by atoms with E-state index in [2.05, 4.69) is 38.1 Å². The number of hydrogen-bond donors (Lipinski definition) is 0. The lowest BCUT2D eigenvalue weighted by atomic mass is 9.82. The van der Waals surface area contributed by atoms with Crippen LogP contribution in [0.2, 0.25) is 0 Å². The fraction of sp³-hybridized carbons (Fsp3) is 0.647. The van der Waals surface area contributed by atoms with Crippen molar-refractivity contribution in [2.24, 2.45) is 0 Å². The lowest BCUT2D eigenvalue weighted by Gasteiger charge is -2.28. The van der Waals surface area contributed by atoms with Crippen molar-refractivity contribution in [1.29, 1.82) is 0 Å². The predicted octanol–water partition coefficient (Wildman–Crippen LogP) is 4.70. The van der Waals surface area contributed by atoms with Gasteiger partial charge in [0, 0.05) is 6.61 Å². The molecule has 0 unspecified atom stereocenters. The summed E-state index contributed by atoms with van der Waals surface area (Å²) in [6, 6.07) is 9.23. The maximum atomic E-state index is 5.85. The first-order valence-electron chi connectivity index (χ1n) is 7.54. The Bertz CT molecular complexity index is 333. The molecule has 1 heteroatoms. The van der Waals surface area contributed by atoms with Gasteiger partial charge in [0.15, 0.2) is 0 Å². The summed E-state index contributed by atoms with van der Waals surface area (Å²) < 4.78 is 5.85. The topological polar surface area (TPSA) is 9.23 Å². The van der Waals surface area contributed by atoms with Crippen LogP contribution in [0.4, 0.5) is 0 Å². The summed E-state index contributed by atoms with van der Waals surface area (Å²) in [7, 11) is 0. The van der Waals surface area contributed by atoms with E-state index in [0.29, 0.717) is 6.10 Å². The van der Waals surface area contributed by atoms with E-state index in [-0.39, 0.29) is 0 Å². The molecular weight excluding hydrogens is 220 g/mol. The van der Waals surface area contributed by atoms with Crippen LogP contribution in [0.5, 0.6) is 0 Å². The number of ether oxygens (including phenoxy) is 1. The number of benzene rings is 1. The minimum absolute atomic E-state index is 0.524. The standard InChI is InChI=1S/C17H26O/c1-3-13-18-17-11-9-16(10-12-17)15-7-5-14(4-2)6-8-15/h5-8,16-17H,3-4,9-13H2,1-2H3. The van der Waals surface area contributed by atoms with Crippen LogP contribution in [0.3, 0.4) is 0 Å². The summed E-state index contributed by atoms with van der Waals surface area (Å²) in [4.78, 5) is 0. The van der Waals surface area contributed by atoms with Gasteiger partial charge in [0.2, 0.25) is 0 Å². The second kappa shape index (κ2) is 6.94. The minimum Gasteiger partial charge on any atom is -0.378 e. The Balaban J connectivity index is 1.84. The highest BCUT2D eigenvalue weighted by atomic mass is 16.5. The molecule has 1 aliphatic rings. The highest BCUT2D eigenvalue weighted by Gasteiger charge is 2.22.